The molecule has 2 aromatic carbocycles. The SMILES string of the molecule is COc1ccc(OC)c([C@H]2CCN(Cc3cc(-c4ccccc4)no3)C2)c1. The van der Waals surface area contributed by atoms with Crippen LogP contribution in [0.1, 0.15) is 23.7 Å². The summed E-state index contributed by atoms with van der Waals surface area (Å²) in [7, 11) is 3.42. The number of likely N-dealkylation sites (tertiary alicyclic amines) is 1. The van der Waals surface area contributed by atoms with Crippen molar-refractivity contribution in [2.45, 2.75) is 18.9 Å². The lowest BCUT2D eigenvalue weighted by atomic mass is 9.97. The molecule has 140 valence electrons. The maximum Gasteiger partial charge on any atom is 0.151 e. The maximum absolute atomic E-state index is 5.57. The van der Waals surface area contributed by atoms with Crippen LogP contribution in [-0.2, 0) is 6.54 Å². The molecule has 0 spiro atoms. The van der Waals surface area contributed by atoms with E-state index in [0.29, 0.717) is 5.92 Å². The van der Waals surface area contributed by atoms with Gasteiger partial charge in [-0.05, 0) is 31.2 Å². The molecule has 2 heterocycles. The second-order valence-electron chi connectivity index (χ2n) is 6.87. The number of benzene rings is 2. The average Bonchev–Trinajstić information content (AvgIpc) is 3.38. The van der Waals surface area contributed by atoms with Crippen LogP contribution in [0.25, 0.3) is 11.3 Å². The second-order valence-corrected chi connectivity index (χ2v) is 6.87. The molecule has 5 nitrogen and oxygen atoms in total. The molecule has 1 fully saturated rings. The number of ether oxygens (including phenoxy) is 2. The summed E-state index contributed by atoms with van der Waals surface area (Å²) in [6.07, 6.45) is 1.09. The summed E-state index contributed by atoms with van der Waals surface area (Å²) < 4.78 is 16.5. The smallest absolute Gasteiger partial charge is 0.151 e. The van der Waals surface area contributed by atoms with Crippen molar-refractivity contribution in [2.24, 2.45) is 0 Å². The van der Waals surface area contributed by atoms with Crippen LogP contribution < -0.4 is 9.47 Å². The summed E-state index contributed by atoms with van der Waals surface area (Å²) in [5, 5.41) is 4.22. The molecule has 5 heteroatoms. The minimum absolute atomic E-state index is 0.423. The van der Waals surface area contributed by atoms with Crippen LogP contribution >= 0.6 is 0 Å². The summed E-state index contributed by atoms with van der Waals surface area (Å²) in [4.78, 5) is 2.40. The van der Waals surface area contributed by atoms with Crippen LogP contribution in [0.4, 0.5) is 0 Å². The first-order valence-corrected chi connectivity index (χ1v) is 9.22. The summed E-state index contributed by atoms with van der Waals surface area (Å²) in [6, 6.07) is 18.2. The van der Waals surface area contributed by atoms with Crippen LogP contribution in [0.5, 0.6) is 11.5 Å². The molecule has 27 heavy (non-hydrogen) atoms. The Balaban J connectivity index is 1.44. The van der Waals surface area contributed by atoms with Gasteiger partial charge < -0.3 is 14.0 Å². The largest absolute Gasteiger partial charge is 0.497 e. The number of hydrogen-bond donors (Lipinski definition) is 0. The minimum atomic E-state index is 0.423. The molecule has 1 aliphatic rings. The molecule has 0 bridgehead atoms. The Morgan fingerprint density at radius 3 is 2.70 bits per heavy atom. The Morgan fingerprint density at radius 1 is 1.07 bits per heavy atom. The molecule has 1 atom stereocenters. The minimum Gasteiger partial charge on any atom is -0.497 e. The predicted molar refractivity (Wildman–Crippen MR) is 104 cm³/mol. The van der Waals surface area contributed by atoms with Gasteiger partial charge in [-0.1, -0.05) is 35.5 Å². The van der Waals surface area contributed by atoms with Crippen LogP contribution in [0.3, 0.4) is 0 Å². The van der Waals surface area contributed by atoms with Crippen molar-refractivity contribution in [1.29, 1.82) is 0 Å². The summed E-state index contributed by atoms with van der Waals surface area (Å²) in [5.74, 6) is 3.11. The topological polar surface area (TPSA) is 47.7 Å². The highest BCUT2D eigenvalue weighted by Gasteiger charge is 2.27. The predicted octanol–water partition coefficient (Wildman–Crippen LogP) is 4.35. The Morgan fingerprint density at radius 2 is 1.93 bits per heavy atom. The molecular formula is C22H24N2O3. The van der Waals surface area contributed by atoms with Crippen LogP contribution in [-0.4, -0.2) is 37.4 Å². The van der Waals surface area contributed by atoms with Gasteiger partial charge in [0.1, 0.15) is 17.2 Å². The van der Waals surface area contributed by atoms with E-state index in [-0.39, 0.29) is 0 Å². The lowest BCUT2D eigenvalue weighted by Crippen LogP contribution is -2.19. The Labute approximate surface area is 159 Å². The zero-order valence-corrected chi connectivity index (χ0v) is 15.7. The van der Waals surface area contributed by atoms with Crippen molar-refractivity contribution in [3.63, 3.8) is 0 Å². The van der Waals surface area contributed by atoms with Crippen molar-refractivity contribution >= 4 is 0 Å². The fourth-order valence-corrected chi connectivity index (χ4v) is 3.74. The van der Waals surface area contributed by atoms with Gasteiger partial charge in [-0.25, -0.2) is 0 Å². The molecule has 0 unspecified atom stereocenters. The first-order chi connectivity index (χ1) is 13.3. The van der Waals surface area contributed by atoms with E-state index in [1.165, 1.54) is 5.56 Å². The van der Waals surface area contributed by atoms with Gasteiger partial charge in [0, 0.05) is 29.7 Å². The molecule has 4 rings (SSSR count). The van der Waals surface area contributed by atoms with Gasteiger partial charge in [0.25, 0.3) is 0 Å². The third kappa shape index (κ3) is 3.83. The molecule has 3 aromatic rings. The van der Waals surface area contributed by atoms with Crippen molar-refractivity contribution in [1.82, 2.24) is 10.1 Å². The average molecular weight is 364 g/mol. The van der Waals surface area contributed by atoms with Gasteiger partial charge in [-0.15, -0.1) is 0 Å². The fraction of sp³-hybridized carbons (Fsp3) is 0.318. The molecule has 1 aromatic heterocycles. The normalized spacial score (nSPS) is 17.2. The lowest BCUT2D eigenvalue weighted by Gasteiger charge is -2.17. The Hall–Kier alpha value is -2.79. The van der Waals surface area contributed by atoms with Gasteiger partial charge in [0.2, 0.25) is 0 Å². The quantitative estimate of drug-likeness (QED) is 0.651. The van der Waals surface area contributed by atoms with E-state index in [4.69, 9.17) is 14.0 Å². The Kier molecular flexibility index (Phi) is 5.12. The zero-order valence-electron chi connectivity index (χ0n) is 15.7. The molecule has 1 aliphatic heterocycles. The van der Waals surface area contributed by atoms with Gasteiger partial charge >= 0.3 is 0 Å². The molecule has 0 N–H and O–H groups in total. The van der Waals surface area contributed by atoms with Crippen LogP contribution in [0.15, 0.2) is 59.1 Å². The third-order valence-corrected chi connectivity index (χ3v) is 5.16. The maximum atomic E-state index is 5.57. The summed E-state index contributed by atoms with van der Waals surface area (Å²) in [6.45, 7) is 2.75. The van der Waals surface area contributed by atoms with E-state index >= 15 is 0 Å². The van der Waals surface area contributed by atoms with E-state index in [0.717, 1.165) is 54.6 Å². The monoisotopic (exact) mass is 364 g/mol. The van der Waals surface area contributed by atoms with Crippen molar-refractivity contribution < 1.29 is 14.0 Å². The molecular weight excluding hydrogens is 340 g/mol. The van der Waals surface area contributed by atoms with Gasteiger partial charge in [-0.2, -0.15) is 0 Å². The van der Waals surface area contributed by atoms with E-state index in [1.54, 1.807) is 14.2 Å². The standard InChI is InChI=1S/C22H24N2O3/c1-25-18-8-9-22(26-2)20(12-18)17-10-11-24(14-17)15-19-13-21(23-27-19)16-6-4-3-5-7-16/h3-9,12-13,17H,10-11,14-15H2,1-2H3/t17-/m0/s1. The summed E-state index contributed by atoms with van der Waals surface area (Å²) >= 11 is 0. The van der Waals surface area contributed by atoms with Gasteiger partial charge in [0.05, 0.1) is 20.8 Å². The van der Waals surface area contributed by atoms with Crippen molar-refractivity contribution in [3.05, 3.63) is 65.9 Å². The zero-order chi connectivity index (χ0) is 18.6. The molecule has 0 amide bonds. The van der Waals surface area contributed by atoms with E-state index in [2.05, 4.69) is 16.1 Å². The second kappa shape index (κ2) is 7.84. The number of hydrogen-bond acceptors (Lipinski definition) is 5. The van der Waals surface area contributed by atoms with Crippen molar-refractivity contribution in [3.8, 4) is 22.8 Å². The van der Waals surface area contributed by atoms with Gasteiger partial charge in [-0.3, -0.25) is 4.90 Å². The lowest BCUT2D eigenvalue weighted by molar-refractivity contribution is 0.271. The first-order valence-electron chi connectivity index (χ1n) is 9.22. The molecule has 0 radical (unpaired) electrons. The van der Waals surface area contributed by atoms with Crippen molar-refractivity contribution in [2.75, 3.05) is 27.3 Å². The van der Waals surface area contributed by atoms with Crippen LogP contribution in [0, 0.1) is 0 Å². The van der Waals surface area contributed by atoms with E-state index < -0.39 is 0 Å². The van der Waals surface area contributed by atoms with E-state index in [9.17, 15) is 0 Å². The molecule has 1 saturated heterocycles. The fourth-order valence-electron chi connectivity index (χ4n) is 3.74. The molecule has 0 saturated carbocycles. The number of rotatable bonds is 6. The highest BCUT2D eigenvalue weighted by Crippen LogP contribution is 2.36. The molecule has 0 aliphatic carbocycles. The van der Waals surface area contributed by atoms with Crippen LogP contribution in [0.2, 0.25) is 0 Å². The third-order valence-electron chi connectivity index (χ3n) is 5.16. The highest BCUT2D eigenvalue weighted by molar-refractivity contribution is 5.58. The van der Waals surface area contributed by atoms with E-state index in [1.807, 2.05) is 48.5 Å². The number of aromatic nitrogens is 1. The highest BCUT2D eigenvalue weighted by atomic mass is 16.5. The number of methoxy groups -OCH3 is 2. The summed E-state index contributed by atoms with van der Waals surface area (Å²) in [5.41, 5.74) is 3.17. The first kappa shape index (κ1) is 17.6. The van der Waals surface area contributed by atoms with Gasteiger partial charge in [0.15, 0.2) is 5.76 Å². The number of nitrogens with zero attached hydrogens (tertiary/aromatic N) is 2. The Bertz CT molecular complexity index is 892.